The van der Waals surface area contributed by atoms with E-state index in [2.05, 4.69) is 42.3 Å². The first-order valence-electron chi connectivity index (χ1n) is 4.57. The summed E-state index contributed by atoms with van der Waals surface area (Å²) < 4.78 is 4.50. The second-order valence-electron chi connectivity index (χ2n) is 3.72. The highest BCUT2D eigenvalue weighted by molar-refractivity contribution is 7.10. The molecule has 0 N–H and O–H groups in total. The fraction of sp³-hybridized carbons (Fsp3) is 0.500. The second kappa shape index (κ2) is 3.14. The Hall–Kier alpha value is -0.830. The largest absolute Gasteiger partial charge is 0.361 e. The fourth-order valence-corrected chi connectivity index (χ4v) is 2.54. The molecule has 2 rings (SSSR count). The lowest BCUT2D eigenvalue weighted by atomic mass is 10.0. The van der Waals surface area contributed by atoms with Crippen LogP contribution in [-0.4, -0.2) is 18.0 Å². The van der Waals surface area contributed by atoms with Gasteiger partial charge in [-0.3, -0.25) is 0 Å². The summed E-state index contributed by atoms with van der Waals surface area (Å²) in [5.41, 5.74) is 2.57. The minimum atomic E-state index is 0.524. The van der Waals surface area contributed by atoms with Gasteiger partial charge >= 0.3 is 0 Å². The first-order valence-corrected chi connectivity index (χ1v) is 5.34. The van der Waals surface area contributed by atoms with E-state index in [4.69, 9.17) is 0 Å². The van der Waals surface area contributed by atoms with Gasteiger partial charge in [0.1, 0.15) is 5.00 Å². The van der Waals surface area contributed by atoms with E-state index in [1.165, 1.54) is 16.3 Å². The van der Waals surface area contributed by atoms with Gasteiger partial charge in [-0.25, -0.2) is 0 Å². The number of nitrogens with zero attached hydrogens (tertiary/aromatic N) is 2. The number of hydrogen-bond acceptors (Lipinski definition) is 3. The van der Waals surface area contributed by atoms with Gasteiger partial charge in [0.15, 0.2) is 0 Å². The predicted molar refractivity (Wildman–Crippen MR) is 58.5 cm³/mol. The van der Waals surface area contributed by atoms with Crippen molar-refractivity contribution >= 4 is 22.6 Å². The molecule has 2 nitrogen and oxygen atoms in total. The van der Waals surface area contributed by atoms with Crippen LogP contribution in [-0.2, 0) is 0 Å². The molecule has 0 saturated carbocycles. The van der Waals surface area contributed by atoms with E-state index in [9.17, 15) is 0 Å². The zero-order valence-electron chi connectivity index (χ0n) is 8.24. The van der Waals surface area contributed by atoms with Gasteiger partial charge in [-0.1, -0.05) is 26.0 Å². The summed E-state index contributed by atoms with van der Waals surface area (Å²) in [7, 11) is 2.12. The molecule has 0 spiro atoms. The van der Waals surface area contributed by atoms with Crippen LogP contribution in [0.2, 0.25) is 0 Å². The fourth-order valence-electron chi connectivity index (χ4n) is 1.56. The van der Waals surface area contributed by atoms with Crippen LogP contribution in [0.4, 0.5) is 5.00 Å². The van der Waals surface area contributed by atoms with E-state index in [1.54, 1.807) is 11.5 Å². The summed E-state index contributed by atoms with van der Waals surface area (Å²) >= 11 is 1.61. The van der Waals surface area contributed by atoms with Crippen LogP contribution in [0.5, 0.6) is 0 Å². The Morgan fingerprint density at radius 3 is 3.00 bits per heavy atom. The van der Waals surface area contributed by atoms with Crippen molar-refractivity contribution in [2.24, 2.45) is 0 Å². The van der Waals surface area contributed by atoms with Crippen molar-refractivity contribution in [1.29, 1.82) is 0 Å². The third-order valence-corrected chi connectivity index (χ3v) is 3.29. The molecular weight excluding hydrogens is 180 g/mol. The van der Waals surface area contributed by atoms with Crippen LogP contribution < -0.4 is 4.90 Å². The smallest absolute Gasteiger partial charge is 0.119 e. The second-order valence-corrected chi connectivity index (χ2v) is 4.48. The van der Waals surface area contributed by atoms with E-state index >= 15 is 0 Å². The van der Waals surface area contributed by atoms with Crippen molar-refractivity contribution in [2.75, 3.05) is 18.5 Å². The highest BCUT2D eigenvalue weighted by Gasteiger charge is 2.18. The van der Waals surface area contributed by atoms with Gasteiger partial charge in [-0.05, 0) is 17.5 Å². The highest BCUT2D eigenvalue weighted by atomic mass is 32.1. The minimum absolute atomic E-state index is 0.524. The number of likely N-dealkylation sites (N-methyl/N-ethyl adjacent to an activating group) is 1. The molecule has 0 amide bonds. The maximum absolute atomic E-state index is 4.50. The van der Waals surface area contributed by atoms with Crippen LogP contribution in [0.3, 0.4) is 0 Å². The van der Waals surface area contributed by atoms with Crippen molar-refractivity contribution in [1.82, 2.24) is 4.37 Å². The molecule has 0 aliphatic carbocycles. The lowest BCUT2D eigenvalue weighted by Crippen LogP contribution is -2.18. The Bertz CT molecular complexity index is 339. The average Bonchev–Trinajstić information content (AvgIpc) is 2.48. The standard InChI is InChI=1S/C10H14N2S/c1-7(2)9-8-5-4-6-12(3)10(8)13-11-9/h4-5,7H,6H2,1-3H3. The number of aromatic nitrogens is 1. The molecule has 0 bridgehead atoms. The molecular formula is C10H14N2S. The van der Waals surface area contributed by atoms with Crippen molar-refractivity contribution in [3.05, 3.63) is 17.3 Å². The molecule has 0 fully saturated rings. The summed E-state index contributed by atoms with van der Waals surface area (Å²) in [6, 6.07) is 0. The molecule has 0 radical (unpaired) electrons. The first-order chi connectivity index (χ1) is 6.20. The molecule has 13 heavy (non-hydrogen) atoms. The Morgan fingerprint density at radius 2 is 2.31 bits per heavy atom. The quantitative estimate of drug-likeness (QED) is 0.683. The zero-order valence-corrected chi connectivity index (χ0v) is 9.06. The number of hydrogen-bond donors (Lipinski definition) is 0. The van der Waals surface area contributed by atoms with Crippen LogP contribution in [0, 0.1) is 0 Å². The zero-order chi connectivity index (χ0) is 9.42. The Kier molecular flexibility index (Phi) is 2.12. The summed E-state index contributed by atoms with van der Waals surface area (Å²) in [6.45, 7) is 5.39. The molecule has 70 valence electrons. The number of fused-ring (bicyclic) bond motifs is 1. The van der Waals surface area contributed by atoms with E-state index in [-0.39, 0.29) is 0 Å². The maximum atomic E-state index is 4.50. The van der Waals surface area contributed by atoms with Crippen molar-refractivity contribution < 1.29 is 0 Å². The van der Waals surface area contributed by atoms with E-state index < -0.39 is 0 Å². The number of rotatable bonds is 1. The third kappa shape index (κ3) is 1.37. The molecule has 0 aromatic carbocycles. The van der Waals surface area contributed by atoms with Gasteiger partial charge in [0.2, 0.25) is 0 Å². The summed E-state index contributed by atoms with van der Waals surface area (Å²) in [5, 5.41) is 1.31. The molecule has 3 heteroatoms. The average molecular weight is 194 g/mol. The van der Waals surface area contributed by atoms with E-state index in [0.29, 0.717) is 5.92 Å². The van der Waals surface area contributed by atoms with Gasteiger partial charge < -0.3 is 4.90 Å². The Balaban J connectivity index is 2.49. The molecule has 0 saturated heterocycles. The van der Waals surface area contributed by atoms with E-state index in [0.717, 1.165) is 6.54 Å². The van der Waals surface area contributed by atoms with Crippen LogP contribution in [0.1, 0.15) is 31.0 Å². The first kappa shape index (κ1) is 8.75. The molecule has 1 aromatic rings. The molecule has 1 aromatic heterocycles. The summed E-state index contributed by atoms with van der Waals surface area (Å²) in [6.07, 6.45) is 4.40. The van der Waals surface area contributed by atoms with Gasteiger partial charge in [-0.15, -0.1) is 0 Å². The topological polar surface area (TPSA) is 16.1 Å². The SMILES string of the molecule is CC(C)c1nsc2c1C=CCN2C. The highest BCUT2D eigenvalue weighted by Crippen LogP contribution is 2.35. The molecule has 0 unspecified atom stereocenters. The maximum Gasteiger partial charge on any atom is 0.119 e. The molecule has 2 heterocycles. The predicted octanol–water partition coefficient (Wildman–Crippen LogP) is 2.73. The van der Waals surface area contributed by atoms with Gasteiger partial charge in [0, 0.05) is 19.2 Å². The van der Waals surface area contributed by atoms with E-state index in [1.807, 2.05) is 0 Å². The van der Waals surface area contributed by atoms with Crippen molar-refractivity contribution in [3.8, 4) is 0 Å². The molecule has 1 aliphatic rings. The number of anilines is 1. The third-order valence-electron chi connectivity index (χ3n) is 2.29. The van der Waals surface area contributed by atoms with Crippen LogP contribution >= 0.6 is 11.5 Å². The van der Waals surface area contributed by atoms with Crippen LogP contribution in [0.25, 0.3) is 6.08 Å². The lowest BCUT2D eigenvalue weighted by Gasteiger charge is -2.19. The lowest BCUT2D eigenvalue weighted by molar-refractivity contribution is 0.836. The van der Waals surface area contributed by atoms with Crippen molar-refractivity contribution in [3.63, 3.8) is 0 Å². The Morgan fingerprint density at radius 1 is 1.54 bits per heavy atom. The van der Waals surface area contributed by atoms with Gasteiger partial charge in [0.05, 0.1) is 5.69 Å². The summed E-state index contributed by atoms with van der Waals surface area (Å²) in [5.74, 6) is 0.524. The minimum Gasteiger partial charge on any atom is -0.361 e. The Labute approximate surface area is 83.1 Å². The normalized spacial score (nSPS) is 15.2. The van der Waals surface area contributed by atoms with Crippen molar-refractivity contribution in [2.45, 2.75) is 19.8 Å². The summed E-state index contributed by atoms with van der Waals surface area (Å²) in [4.78, 5) is 2.25. The monoisotopic (exact) mass is 194 g/mol. The van der Waals surface area contributed by atoms with Gasteiger partial charge in [-0.2, -0.15) is 4.37 Å². The van der Waals surface area contributed by atoms with Gasteiger partial charge in [0.25, 0.3) is 0 Å². The van der Waals surface area contributed by atoms with Crippen LogP contribution in [0.15, 0.2) is 6.08 Å². The molecule has 1 aliphatic heterocycles. The molecule has 0 atom stereocenters.